The first-order chi connectivity index (χ1) is 5.83. The number of hydrogen-bond donors (Lipinski definition) is 1. The molecule has 0 spiro atoms. The molecule has 0 heterocycles. The number of benzene rings is 1. The van der Waals surface area contributed by atoms with Crippen LogP contribution in [0.15, 0.2) is 28.7 Å². The third-order valence-corrected chi connectivity index (χ3v) is 2.18. The van der Waals surface area contributed by atoms with E-state index in [0.29, 0.717) is 0 Å². The van der Waals surface area contributed by atoms with Crippen LogP contribution in [0.4, 0.5) is 5.69 Å². The molecule has 0 aromatic heterocycles. The lowest BCUT2D eigenvalue weighted by Crippen LogP contribution is -2.00. The van der Waals surface area contributed by atoms with Gasteiger partial charge in [-0.1, -0.05) is 35.3 Å². The van der Waals surface area contributed by atoms with Gasteiger partial charge in [0.25, 0.3) is 0 Å². The Morgan fingerprint density at radius 2 is 2.25 bits per heavy atom. The van der Waals surface area contributed by atoms with Crippen LogP contribution in [0.2, 0.25) is 0 Å². The minimum Gasteiger partial charge on any atom is -0.385 e. The molecule has 0 aliphatic carbocycles. The molecule has 0 bridgehead atoms. The van der Waals surface area contributed by atoms with Crippen molar-refractivity contribution in [2.45, 2.75) is 19.8 Å². The van der Waals surface area contributed by atoms with E-state index in [1.165, 1.54) is 18.5 Å². The molecular formula is C10H14BrN. The summed E-state index contributed by atoms with van der Waals surface area (Å²) >= 11 is 3.43. The fourth-order valence-electron chi connectivity index (χ4n) is 1.01. The predicted molar refractivity (Wildman–Crippen MR) is 57.5 cm³/mol. The SMILES string of the molecule is CCCCNc1cccc(Br)c1. The van der Waals surface area contributed by atoms with E-state index in [0.717, 1.165) is 11.0 Å². The van der Waals surface area contributed by atoms with Crippen LogP contribution in [0.5, 0.6) is 0 Å². The van der Waals surface area contributed by atoms with Gasteiger partial charge >= 0.3 is 0 Å². The highest BCUT2D eigenvalue weighted by Crippen LogP contribution is 2.15. The first-order valence-corrected chi connectivity index (χ1v) is 5.11. The summed E-state index contributed by atoms with van der Waals surface area (Å²) < 4.78 is 1.13. The molecule has 0 unspecified atom stereocenters. The lowest BCUT2D eigenvalue weighted by molar-refractivity contribution is 0.834. The van der Waals surface area contributed by atoms with Gasteiger partial charge in [0.05, 0.1) is 0 Å². The van der Waals surface area contributed by atoms with Gasteiger partial charge in [0.1, 0.15) is 0 Å². The van der Waals surface area contributed by atoms with E-state index in [-0.39, 0.29) is 0 Å². The number of unbranched alkanes of at least 4 members (excludes halogenated alkanes) is 1. The van der Waals surface area contributed by atoms with E-state index >= 15 is 0 Å². The lowest BCUT2D eigenvalue weighted by Gasteiger charge is -2.04. The molecule has 0 amide bonds. The highest BCUT2D eigenvalue weighted by atomic mass is 79.9. The van der Waals surface area contributed by atoms with Crippen molar-refractivity contribution < 1.29 is 0 Å². The summed E-state index contributed by atoms with van der Waals surface area (Å²) in [5.41, 5.74) is 1.19. The van der Waals surface area contributed by atoms with Crippen molar-refractivity contribution in [2.75, 3.05) is 11.9 Å². The zero-order valence-corrected chi connectivity index (χ0v) is 8.89. The van der Waals surface area contributed by atoms with Crippen molar-refractivity contribution in [3.05, 3.63) is 28.7 Å². The van der Waals surface area contributed by atoms with Gasteiger partial charge in [0, 0.05) is 16.7 Å². The van der Waals surface area contributed by atoms with Gasteiger partial charge in [-0.05, 0) is 24.6 Å². The molecule has 0 aliphatic heterocycles. The zero-order chi connectivity index (χ0) is 8.81. The Labute approximate surface area is 82.3 Å². The normalized spacial score (nSPS) is 9.83. The van der Waals surface area contributed by atoms with Crippen LogP contribution in [-0.2, 0) is 0 Å². The number of hydrogen-bond acceptors (Lipinski definition) is 1. The summed E-state index contributed by atoms with van der Waals surface area (Å²) in [5.74, 6) is 0. The lowest BCUT2D eigenvalue weighted by atomic mass is 10.3. The molecule has 0 saturated carbocycles. The monoisotopic (exact) mass is 227 g/mol. The standard InChI is InChI=1S/C10H14BrN/c1-2-3-7-12-10-6-4-5-9(11)8-10/h4-6,8,12H,2-3,7H2,1H3. The molecular weight excluding hydrogens is 214 g/mol. The molecule has 0 fully saturated rings. The topological polar surface area (TPSA) is 12.0 Å². The van der Waals surface area contributed by atoms with Crippen LogP contribution in [0.1, 0.15) is 19.8 Å². The van der Waals surface area contributed by atoms with Crippen molar-refractivity contribution in [1.82, 2.24) is 0 Å². The van der Waals surface area contributed by atoms with Gasteiger partial charge in [0.15, 0.2) is 0 Å². The van der Waals surface area contributed by atoms with E-state index in [2.05, 4.69) is 40.3 Å². The van der Waals surface area contributed by atoms with Crippen LogP contribution in [0.3, 0.4) is 0 Å². The van der Waals surface area contributed by atoms with E-state index in [1.54, 1.807) is 0 Å². The first-order valence-electron chi connectivity index (χ1n) is 4.32. The Hall–Kier alpha value is -0.500. The van der Waals surface area contributed by atoms with E-state index in [4.69, 9.17) is 0 Å². The summed E-state index contributed by atoms with van der Waals surface area (Å²) in [6, 6.07) is 8.25. The van der Waals surface area contributed by atoms with Crippen molar-refractivity contribution in [1.29, 1.82) is 0 Å². The van der Waals surface area contributed by atoms with Gasteiger partial charge < -0.3 is 5.32 Å². The molecule has 2 heteroatoms. The largest absolute Gasteiger partial charge is 0.385 e. The van der Waals surface area contributed by atoms with Gasteiger partial charge in [-0.15, -0.1) is 0 Å². The number of anilines is 1. The van der Waals surface area contributed by atoms with Crippen LogP contribution in [0, 0.1) is 0 Å². The second-order valence-corrected chi connectivity index (χ2v) is 3.71. The molecule has 1 nitrogen and oxygen atoms in total. The van der Waals surface area contributed by atoms with Crippen molar-refractivity contribution >= 4 is 21.6 Å². The number of halogens is 1. The van der Waals surface area contributed by atoms with Crippen LogP contribution in [-0.4, -0.2) is 6.54 Å². The van der Waals surface area contributed by atoms with Crippen molar-refractivity contribution in [2.24, 2.45) is 0 Å². The van der Waals surface area contributed by atoms with Gasteiger partial charge in [-0.2, -0.15) is 0 Å². The maximum Gasteiger partial charge on any atom is 0.0351 e. The summed E-state index contributed by atoms with van der Waals surface area (Å²) in [5, 5.41) is 3.36. The summed E-state index contributed by atoms with van der Waals surface area (Å²) in [4.78, 5) is 0. The molecule has 0 atom stereocenters. The fraction of sp³-hybridized carbons (Fsp3) is 0.400. The third-order valence-electron chi connectivity index (χ3n) is 1.68. The highest BCUT2D eigenvalue weighted by Gasteiger charge is 1.90. The Kier molecular flexibility index (Phi) is 4.15. The summed E-state index contributed by atoms with van der Waals surface area (Å²) in [7, 11) is 0. The molecule has 0 radical (unpaired) electrons. The molecule has 1 rings (SSSR count). The van der Waals surface area contributed by atoms with E-state index in [9.17, 15) is 0 Å². The first kappa shape index (κ1) is 9.59. The second-order valence-electron chi connectivity index (χ2n) is 2.79. The minimum absolute atomic E-state index is 1.06. The molecule has 0 aliphatic rings. The summed E-state index contributed by atoms with van der Waals surface area (Å²) in [6.07, 6.45) is 2.47. The highest BCUT2D eigenvalue weighted by molar-refractivity contribution is 9.10. The molecule has 1 N–H and O–H groups in total. The average Bonchev–Trinajstić information content (AvgIpc) is 2.05. The predicted octanol–water partition coefficient (Wildman–Crippen LogP) is 3.66. The van der Waals surface area contributed by atoms with E-state index < -0.39 is 0 Å². The smallest absolute Gasteiger partial charge is 0.0351 e. The van der Waals surface area contributed by atoms with Crippen LogP contribution >= 0.6 is 15.9 Å². The molecule has 1 aromatic carbocycles. The Morgan fingerprint density at radius 3 is 2.92 bits per heavy atom. The second kappa shape index (κ2) is 5.20. The average molecular weight is 228 g/mol. The summed E-state index contributed by atoms with van der Waals surface area (Å²) in [6.45, 7) is 3.26. The van der Waals surface area contributed by atoms with Crippen molar-refractivity contribution in [3.63, 3.8) is 0 Å². The fourth-order valence-corrected chi connectivity index (χ4v) is 1.41. The Balaban J connectivity index is 2.41. The van der Waals surface area contributed by atoms with Gasteiger partial charge in [-0.3, -0.25) is 0 Å². The van der Waals surface area contributed by atoms with Gasteiger partial charge in [-0.25, -0.2) is 0 Å². The zero-order valence-electron chi connectivity index (χ0n) is 7.31. The quantitative estimate of drug-likeness (QED) is 0.775. The molecule has 1 aromatic rings. The Bertz CT molecular complexity index is 235. The molecule has 66 valence electrons. The molecule has 12 heavy (non-hydrogen) atoms. The van der Waals surface area contributed by atoms with Crippen LogP contribution < -0.4 is 5.32 Å². The molecule has 0 saturated heterocycles. The van der Waals surface area contributed by atoms with Crippen molar-refractivity contribution in [3.8, 4) is 0 Å². The number of nitrogens with one attached hydrogen (secondary N) is 1. The minimum atomic E-state index is 1.06. The maximum atomic E-state index is 3.43. The third kappa shape index (κ3) is 3.26. The van der Waals surface area contributed by atoms with E-state index in [1.807, 2.05) is 12.1 Å². The maximum absolute atomic E-state index is 3.43. The Morgan fingerprint density at radius 1 is 1.42 bits per heavy atom. The number of rotatable bonds is 4. The van der Waals surface area contributed by atoms with Gasteiger partial charge in [0.2, 0.25) is 0 Å². The van der Waals surface area contributed by atoms with Crippen LogP contribution in [0.25, 0.3) is 0 Å².